The molecule has 1 aromatic carbocycles. The van der Waals surface area contributed by atoms with Crippen LogP contribution in [0.3, 0.4) is 0 Å². The van der Waals surface area contributed by atoms with Crippen molar-refractivity contribution in [2.45, 2.75) is 38.1 Å². The molecule has 2 aromatic rings. The summed E-state index contributed by atoms with van der Waals surface area (Å²) in [5.41, 5.74) is 3.22. The molecule has 29 heavy (non-hydrogen) atoms. The van der Waals surface area contributed by atoms with Gasteiger partial charge in [-0.1, -0.05) is 0 Å². The molecule has 1 fully saturated rings. The Morgan fingerprint density at radius 3 is 2.55 bits per heavy atom. The average Bonchev–Trinajstić information content (AvgIpc) is 3.28. The van der Waals surface area contributed by atoms with Gasteiger partial charge in [0, 0.05) is 16.9 Å². The molecule has 4 rings (SSSR count). The Balaban J connectivity index is 1.59. The summed E-state index contributed by atoms with van der Waals surface area (Å²) in [6, 6.07) is 6.24. The van der Waals surface area contributed by atoms with Crippen LogP contribution in [0.15, 0.2) is 24.3 Å². The Labute approximate surface area is 169 Å². The van der Waals surface area contributed by atoms with Gasteiger partial charge in [-0.15, -0.1) is 0 Å². The van der Waals surface area contributed by atoms with Gasteiger partial charge in [-0.3, -0.25) is 9.48 Å². The van der Waals surface area contributed by atoms with Crippen LogP contribution >= 0.6 is 0 Å². The minimum absolute atomic E-state index is 0.0805. The largest absolute Gasteiger partial charge is 0.465 e. The third kappa shape index (κ3) is 3.91. The monoisotopic (exact) mass is 417 g/mol. The Morgan fingerprint density at radius 1 is 1.17 bits per heavy atom. The van der Waals surface area contributed by atoms with Gasteiger partial charge >= 0.3 is 5.97 Å². The molecule has 1 saturated heterocycles. The normalized spacial score (nSPS) is 20.1. The summed E-state index contributed by atoms with van der Waals surface area (Å²) >= 11 is 0. The Bertz CT molecular complexity index is 1060. The number of ether oxygens (including phenoxy) is 1. The predicted molar refractivity (Wildman–Crippen MR) is 107 cm³/mol. The van der Waals surface area contributed by atoms with Gasteiger partial charge < -0.3 is 10.1 Å². The number of esters is 1. The van der Waals surface area contributed by atoms with Gasteiger partial charge in [0.2, 0.25) is 0 Å². The van der Waals surface area contributed by atoms with Crippen molar-refractivity contribution >= 4 is 27.4 Å². The molecule has 154 valence electrons. The Hall–Kier alpha value is -2.68. The molecular weight excluding hydrogens is 394 g/mol. The first-order valence-electron chi connectivity index (χ1n) is 9.68. The first kappa shape index (κ1) is 19.6. The van der Waals surface area contributed by atoms with Crippen LogP contribution in [0.5, 0.6) is 0 Å². The van der Waals surface area contributed by atoms with Crippen molar-refractivity contribution in [2.24, 2.45) is 0 Å². The maximum atomic E-state index is 12.9. The molecule has 1 N–H and O–H groups in total. The maximum absolute atomic E-state index is 12.9. The molecular formula is C20H23N3O5S. The standard InChI is InChI=1S/C20H23N3O5S/c1-28-20(25)13-6-8-14(9-7-13)21-19(24)18-16-4-2-3-5-17(16)23(22-18)15-10-11-29(26,27)12-15/h6-9,15H,2-5,10-12H2,1H3,(H,21,24)/t15-/m1/s1. The van der Waals surface area contributed by atoms with Gasteiger partial charge in [0.05, 0.1) is 30.2 Å². The number of benzene rings is 1. The highest BCUT2D eigenvalue weighted by Gasteiger charge is 2.34. The minimum Gasteiger partial charge on any atom is -0.465 e. The number of nitrogens with one attached hydrogen (secondary N) is 1. The highest BCUT2D eigenvalue weighted by molar-refractivity contribution is 7.91. The number of aromatic nitrogens is 2. The van der Waals surface area contributed by atoms with Crippen LogP contribution in [0.25, 0.3) is 0 Å². The van der Waals surface area contributed by atoms with E-state index in [1.165, 1.54) is 7.11 Å². The zero-order valence-electron chi connectivity index (χ0n) is 16.2. The van der Waals surface area contributed by atoms with Crippen molar-refractivity contribution in [3.63, 3.8) is 0 Å². The Morgan fingerprint density at radius 2 is 1.90 bits per heavy atom. The minimum atomic E-state index is -3.04. The molecule has 1 atom stereocenters. The van der Waals surface area contributed by atoms with Crippen LogP contribution in [0.1, 0.15) is 57.4 Å². The predicted octanol–water partition coefficient (Wildman–Crippen LogP) is 2.16. The number of nitrogens with zero attached hydrogens (tertiary/aromatic N) is 2. The van der Waals surface area contributed by atoms with E-state index in [1.807, 2.05) is 0 Å². The molecule has 0 bridgehead atoms. The van der Waals surface area contributed by atoms with E-state index < -0.39 is 15.8 Å². The van der Waals surface area contributed by atoms with Crippen molar-refractivity contribution in [2.75, 3.05) is 23.9 Å². The molecule has 8 nitrogen and oxygen atoms in total. The zero-order chi connectivity index (χ0) is 20.6. The van der Waals surface area contributed by atoms with E-state index in [-0.39, 0.29) is 23.5 Å². The van der Waals surface area contributed by atoms with Crippen molar-refractivity contribution in [3.05, 3.63) is 46.8 Å². The topological polar surface area (TPSA) is 107 Å². The lowest BCUT2D eigenvalue weighted by molar-refractivity contribution is 0.0600. The molecule has 0 saturated carbocycles. The summed E-state index contributed by atoms with van der Waals surface area (Å²) in [5, 5.41) is 7.39. The molecule has 9 heteroatoms. The van der Waals surface area contributed by atoms with Crippen LogP contribution in [-0.4, -0.2) is 48.7 Å². The SMILES string of the molecule is COC(=O)c1ccc(NC(=O)c2nn([C@@H]3CCS(=O)(=O)C3)c3c2CCCC3)cc1. The number of carbonyl (C=O) groups is 2. The van der Waals surface area contributed by atoms with E-state index in [4.69, 9.17) is 0 Å². The van der Waals surface area contributed by atoms with Crippen LogP contribution in [0, 0.1) is 0 Å². The third-order valence-corrected chi connectivity index (χ3v) is 7.29. The van der Waals surface area contributed by atoms with Crippen LogP contribution in [0.4, 0.5) is 5.69 Å². The number of methoxy groups -OCH3 is 1. The molecule has 0 spiro atoms. The number of fused-ring (bicyclic) bond motifs is 1. The fraction of sp³-hybridized carbons (Fsp3) is 0.450. The summed E-state index contributed by atoms with van der Waals surface area (Å²) in [6.45, 7) is 0. The molecule has 2 heterocycles. The smallest absolute Gasteiger partial charge is 0.337 e. The molecule has 1 aliphatic heterocycles. The molecule has 1 aromatic heterocycles. The van der Waals surface area contributed by atoms with Crippen molar-refractivity contribution in [1.82, 2.24) is 9.78 Å². The van der Waals surface area contributed by atoms with Crippen LogP contribution in [-0.2, 0) is 27.4 Å². The summed E-state index contributed by atoms with van der Waals surface area (Å²) < 4.78 is 30.3. The second-order valence-electron chi connectivity index (χ2n) is 7.51. The van der Waals surface area contributed by atoms with E-state index in [0.29, 0.717) is 23.4 Å². The first-order valence-corrected chi connectivity index (χ1v) is 11.5. The Kier molecular flexibility index (Phi) is 5.16. The highest BCUT2D eigenvalue weighted by atomic mass is 32.2. The number of sulfone groups is 1. The number of carbonyl (C=O) groups excluding carboxylic acids is 2. The third-order valence-electron chi connectivity index (χ3n) is 5.54. The number of rotatable bonds is 4. The second kappa shape index (κ2) is 7.62. The molecule has 0 radical (unpaired) electrons. The zero-order valence-corrected chi connectivity index (χ0v) is 17.0. The number of hydrogen-bond acceptors (Lipinski definition) is 6. The number of hydrogen-bond donors (Lipinski definition) is 1. The lowest BCUT2D eigenvalue weighted by Gasteiger charge is -2.17. The summed E-state index contributed by atoms with van der Waals surface area (Å²) in [5.74, 6) is -0.520. The van der Waals surface area contributed by atoms with E-state index in [9.17, 15) is 18.0 Å². The molecule has 1 aliphatic carbocycles. The quantitative estimate of drug-likeness (QED) is 0.764. The van der Waals surface area contributed by atoms with Crippen LogP contribution in [0.2, 0.25) is 0 Å². The van der Waals surface area contributed by atoms with Gasteiger partial charge in [0.1, 0.15) is 0 Å². The van der Waals surface area contributed by atoms with Gasteiger partial charge in [-0.25, -0.2) is 13.2 Å². The van der Waals surface area contributed by atoms with Gasteiger partial charge in [0.15, 0.2) is 15.5 Å². The number of anilines is 1. The van der Waals surface area contributed by atoms with Gasteiger partial charge in [-0.05, 0) is 56.4 Å². The van der Waals surface area contributed by atoms with E-state index in [1.54, 1.807) is 28.9 Å². The lowest BCUT2D eigenvalue weighted by Crippen LogP contribution is -2.17. The van der Waals surface area contributed by atoms with E-state index in [2.05, 4.69) is 15.2 Å². The molecule has 1 amide bonds. The van der Waals surface area contributed by atoms with Gasteiger partial charge in [-0.2, -0.15) is 5.10 Å². The lowest BCUT2D eigenvalue weighted by atomic mass is 9.95. The molecule has 2 aliphatic rings. The fourth-order valence-corrected chi connectivity index (χ4v) is 5.77. The summed E-state index contributed by atoms with van der Waals surface area (Å²) in [6.07, 6.45) is 4.09. The maximum Gasteiger partial charge on any atom is 0.337 e. The fourth-order valence-electron chi connectivity index (χ4n) is 4.08. The first-order chi connectivity index (χ1) is 13.9. The van der Waals surface area contributed by atoms with E-state index in [0.717, 1.165) is 36.9 Å². The van der Waals surface area contributed by atoms with Crippen molar-refractivity contribution < 1.29 is 22.7 Å². The van der Waals surface area contributed by atoms with Crippen LogP contribution < -0.4 is 5.32 Å². The van der Waals surface area contributed by atoms with Crippen molar-refractivity contribution in [3.8, 4) is 0 Å². The average molecular weight is 417 g/mol. The van der Waals surface area contributed by atoms with Gasteiger partial charge in [0.25, 0.3) is 5.91 Å². The summed E-state index contributed by atoms with van der Waals surface area (Å²) in [7, 11) is -1.73. The van der Waals surface area contributed by atoms with E-state index >= 15 is 0 Å². The summed E-state index contributed by atoms with van der Waals surface area (Å²) in [4.78, 5) is 24.5. The number of amides is 1. The van der Waals surface area contributed by atoms with Crippen molar-refractivity contribution in [1.29, 1.82) is 0 Å². The highest BCUT2D eigenvalue weighted by Crippen LogP contribution is 2.31. The second-order valence-corrected chi connectivity index (χ2v) is 9.73. The molecule has 0 unspecified atom stereocenters.